The first-order valence-corrected chi connectivity index (χ1v) is 6.30. The van der Waals surface area contributed by atoms with Crippen LogP contribution in [0.3, 0.4) is 0 Å². The number of hydrogen-bond acceptors (Lipinski definition) is 2. The fraction of sp³-hybridized carbons (Fsp3) is 0.923. The Morgan fingerprint density at radius 2 is 1.50 bits per heavy atom. The Kier molecular flexibility index (Phi) is 5.47. The molecule has 16 heavy (non-hydrogen) atoms. The molecule has 0 saturated heterocycles. The summed E-state index contributed by atoms with van der Waals surface area (Å²) in [5, 5.41) is 3.12. The Balaban J connectivity index is 4.65. The van der Waals surface area contributed by atoms with Gasteiger partial charge in [-0.15, -0.1) is 0 Å². The fourth-order valence-electron chi connectivity index (χ4n) is 1.75. The summed E-state index contributed by atoms with van der Waals surface area (Å²) in [7, 11) is 0. The SMILES string of the molecule is CCC(CC)(CC)NC(=O)[C@H](N)C(C)(C)C. The highest BCUT2D eigenvalue weighted by Gasteiger charge is 2.32. The van der Waals surface area contributed by atoms with E-state index in [1.807, 2.05) is 20.8 Å². The molecule has 0 aromatic carbocycles. The average molecular weight is 228 g/mol. The zero-order valence-electron chi connectivity index (χ0n) is 11.7. The van der Waals surface area contributed by atoms with Gasteiger partial charge in [0.2, 0.25) is 5.91 Å². The number of rotatable bonds is 5. The lowest BCUT2D eigenvalue weighted by Gasteiger charge is -2.35. The van der Waals surface area contributed by atoms with Crippen LogP contribution < -0.4 is 11.1 Å². The molecule has 0 bridgehead atoms. The summed E-state index contributed by atoms with van der Waals surface area (Å²) >= 11 is 0. The highest BCUT2D eigenvalue weighted by atomic mass is 16.2. The molecule has 0 aliphatic rings. The van der Waals surface area contributed by atoms with Gasteiger partial charge in [0.05, 0.1) is 6.04 Å². The molecule has 1 amide bonds. The summed E-state index contributed by atoms with van der Waals surface area (Å²) < 4.78 is 0. The van der Waals surface area contributed by atoms with Crippen LogP contribution in [0.4, 0.5) is 0 Å². The number of hydrogen-bond donors (Lipinski definition) is 2. The maximum absolute atomic E-state index is 12.0. The van der Waals surface area contributed by atoms with Crippen molar-refractivity contribution < 1.29 is 4.79 Å². The van der Waals surface area contributed by atoms with Crippen molar-refractivity contribution in [3.63, 3.8) is 0 Å². The molecule has 0 aliphatic heterocycles. The molecule has 1 atom stereocenters. The van der Waals surface area contributed by atoms with Gasteiger partial charge < -0.3 is 11.1 Å². The first kappa shape index (κ1) is 15.4. The van der Waals surface area contributed by atoms with Crippen molar-refractivity contribution in [2.75, 3.05) is 0 Å². The highest BCUT2D eigenvalue weighted by molar-refractivity contribution is 5.83. The van der Waals surface area contributed by atoms with E-state index in [1.165, 1.54) is 0 Å². The van der Waals surface area contributed by atoms with E-state index in [-0.39, 0.29) is 16.9 Å². The first-order chi connectivity index (χ1) is 7.22. The molecule has 0 aliphatic carbocycles. The number of carbonyl (C=O) groups excluding carboxylic acids is 1. The van der Waals surface area contributed by atoms with Gasteiger partial charge in [-0.1, -0.05) is 41.5 Å². The van der Waals surface area contributed by atoms with E-state index >= 15 is 0 Å². The Labute approximate surface area is 100 Å². The Morgan fingerprint density at radius 1 is 1.12 bits per heavy atom. The standard InChI is InChI=1S/C13H28N2O/c1-7-13(8-2,9-3)15-11(16)10(14)12(4,5)6/h10H,7-9,14H2,1-6H3,(H,15,16)/t10-/m0/s1. The van der Waals surface area contributed by atoms with Gasteiger partial charge in [-0.05, 0) is 24.7 Å². The van der Waals surface area contributed by atoms with Crippen molar-refractivity contribution in [3.8, 4) is 0 Å². The van der Waals surface area contributed by atoms with Gasteiger partial charge in [-0.25, -0.2) is 0 Å². The molecule has 0 fully saturated rings. The van der Waals surface area contributed by atoms with Crippen molar-refractivity contribution in [3.05, 3.63) is 0 Å². The van der Waals surface area contributed by atoms with Crippen molar-refractivity contribution in [1.82, 2.24) is 5.32 Å². The average Bonchev–Trinajstić information content (AvgIpc) is 2.23. The minimum Gasteiger partial charge on any atom is -0.349 e. The van der Waals surface area contributed by atoms with Crippen LogP contribution in [0.5, 0.6) is 0 Å². The van der Waals surface area contributed by atoms with E-state index in [4.69, 9.17) is 5.73 Å². The van der Waals surface area contributed by atoms with Gasteiger partial charge in [-0.3, -0.25) is 4.79 Å². The third kappa shape index (κ3) is 3.78. The predicted molar refractivity (Wildman–Crippen MR) is 69.2 cm³/mol. The minimum atomic E-state index is -0.448. The third-order valence-corrected chi connectivity index (χ3v) is 3.63. The van der Waals surface area contributed by atoms with Crippen LogP contribution in [0, 0.1) is 5.41 Å². The largest absolute Gasteiger partial charge is 0.349 e. The predicted octanol–water partition coefficient (Wildman–Crippen LogP) is 2.44. The Morgan fingerprint density at radius 3 is 1.75 bits per heavy atom. The highest BCUT2D eigenvalue weighted by Crippen LogP contribution is 2.22. The lowest BCUT2D eigenvalue weighted by atomic mass is 9.84. The minimum absolute atomic E-state index is 0.0296. The molecule has 0 spiro atoms. The normalized spacial score (nSPS) is 14.7. The molecule has 0 aromatic heterocycles. The van der Waals surface area contributed by atoms with Crippen LogP contribution in [0.2, 0.25) is 0 Å². The molecule has 3 N–H and O–H groups in total. The number of nitrogens with one attached hydrogen (secondary N) is 1. The number of carbonyl (C=O) groups is 1. The molecule has 0 heterocycles. The van der Waals surface area contributed by atoms with E-state index in [2.05, 4.69) is 26.1 Å². The Hall–Kier alpha value is -0.570. The summed E-state index contributed by atoms with van der Waals surface area (Å²) in [5.41, 5.74) is 5.68. The van der Waals surface area contributed by atoms with E-state index in [0.29, 0.717) is 0 Å². The van der Waals surface area contributed by atoms with Crippen LogP contribution in [0.1, 0.15) is 60.8 Å². The molecule has 0 rings (SSSR count). The Bertz CT molecular complexity index is 218. The van der Waals surface area contributed by atoms with Crippen LogP contribution in [-0.4, -0.2) is 17.5 Å². The maximum Gasteiger partial charge on any atom is 0.237 e. The topological polar surface area (TPSA) is 55.1 Å². The fourth-order valence-corrected chi connectivity index (χ4v) is 1.75. The van der Waals surface area contributed by atoms with Gasteiger partial charge in [-0.2, -0.15) is 0 Å². The number of nitrogens with two attached hydrogens (primary N) is 1. The molecule has 3 nitrogen and oxygen atoms in total. The van der Waals surface area contributed by atoms with Crippen LogP contribution in [0.25, 0.3) is 0 Å². The second-order valence-corrected chi connectivity index (χ2v) is 5.67. The lowest BCUT2D eigenvalue weighted by Crippen LogP contribution is -2.56. The molecule has 0 radical (unpaired) electrons. The first-order valence-electron chi connectivity index (χ1n) is 6.30. The van der Waals surface area contributed by atoms with E-state index in [0.717, 1.165) is 19.3 Å². The molecule has 0 unspecified atom stereocenters. The number of amides is 1. The van der Waals surface area contributed by atoms with E-state index in [9.17, 15) is 4.79 Å². The monoisotopic (exact) mass is 228 g/mol. The lowest BCUT2D eigenvalue weighted by molar-refractivity contribution is -0.126. The van der Waals surface area contributed by atoms with Gasteiger partial charge in [0.15, 0.2) is 0 Å². The molecule has 0 saturated carbocycles. The molecular weight excluding hydrogens is 200 g/mol. The van der Waals surface area contributed by atoms with Crippen molar-refractivity contribution >= 4 is 5.91 Å². The summed E-state index contributed by atoms with van der Waals surface area (Å²) in [5.74, 6) is -0.0296. The maximum atomic E-state index is 12.0. The third-order valence-electron chi connectivity index (χ3n) is 3.63. The van der Waals surface area contributed by atoms with Gasteiger partial charge in [0, 0.05) is 5.54 Å². The zero-order valence-corrected chi connectivity index (χ0v) is 11.7. The summed E-state index contributed by atoms with van der Waals surface area (Å²) in [4.78, 5) is 12.0. The second-order valence-electron chi connectivity index (χ2n) is 5.67. The van der Waals surface area contributed by atoms with Gasteiger partial charge in [0.1, 0.15) is 0 Å². The van der Waals surface area contributed by atoms with Gasteiger partial charge in [0.25, 0.3) is 0 Å². The summed E-state index contributed by atoms with van der Waals surface area (Å²) in [6.45, 7) is 12.3. The molecule has 0 aromatic rings. The van der Waals surface area contributed by atoms with Crippen molar-refractivity contribution in [1.29, 1.82) is 0 Å². The molecule has 3 heteroatoms. The van der Waals surface area contributed by atoms with Crippen LogP contribution >= 0.6 is 0 Å². The smallest absolute Gasteiger partial charge is 0.237 e. The van der Waals surface area contributed by atoms with Crippen molar-refractivity contribution in [2.24, 2.45) is 11.1 Å². The quantitative estimate of drug-likeness (QED) is 0.759. The summed E-state index contributed by atoms with van der Waals surface area (Å²) in [6.07, 6.45) is 2.84. The van der Waals surface area contributed by atoms with E-state index in [1.54, 1.807) is 0 Å². The van der Waals surface area contributed by atoms with E-state index < -0.39 is 6.04 Å². The van der Waals surface area contributed by atoms with Crippen molar-refractivity contribution in [2.45, 2.75) is 72.4 Å². The van der Waals surface area contributed by atoms with Crippen LogP contribution in [0.15, 0.2) is 0 Å². The second kappa shape index (κ2) is 5.67. The van der Waals surface area contributed by atoms with Crippen LogP contribution in [-0.2, 0) is 4.79 Å². The zero-order chi connectivity index (χ0) is 13.0. The molecular formula is C13H28N2O. The van der Waals surface area contributed by atoms with Gasteiger partial charge >= 0.3 is 0 Å². The summed E-state index contributed by atoms with van der Waals surface area (Å²) in [6, 6.07) is -0.448. The molecule has 96 valence electrons.